The van der Waals surface area contributed by atoms with Gasteiger partial charge in [-0.25, -0.2) is 0 Å². The lowest BCUT2D eigenvalue weighted by molar-refractivity contribution is 0.146. The van der Waals surface area contributed by atoms with Crippen LogP contribution in [0, 0.1) is 0 Å². The lowest BCUT2D eigenvalue weighted by Gasteiger charge is -2.08. The summed E-state index contributed by atoms with van der Waals surface area (Å²) in [6.45, 7) is 1.58. The summed E-state index contributed by atoms with van der Waals surface area (Å²) in [6.07, 6.45) is -0.732. The second-order valence-electron chi connectivity index (χ2n) is 4.03. The highest BCUT2D eigenvalue weighted by Gasteiger charge is 2.19. The molecule has 2 aromatic rings. The van der Waals surface area contributed by atoms with E-state index in [1.807, 2.05) is 24.3 Å². The fourth-order valence-electron chi connectivity index (χ4n) is 1.37. The van der Waals surface area contributed by atoms with Gasteiger partial charge in [-0.1, -0.05) is 28.9 Å². The van der Waals surface area contributed by atoms with Crippen molar-refractivity contribution in [3.8, 4) is 0 Å². The number of aliphatic hydroxyl groups excluding tert-OH is 1. The number of aliphatic hydroxyl groups is 1. The Morgan fingerprint density at radius 3 is 2.89 bits per heavy atom. The van der Waals surface area contributed by atoms with E-state index in [-0.39, 0.29) is 5.89 Å². The van der Waals surface area contributed by atoms with Crippen molar-refractivity contribution in [3.63, 3.8) is 0 Å². The summed E-state index contributed by atoms with van der Waals surface area (Å²) in [6, 6.07) is 6.89. The van der Waals surface area contributed by atoms with Crippen molar-refractivity contribution < 1.29 is 9.63 Å². The van der Waals surface area contributed by atoms with E-state index in [4.69, 9.17) is 21.9 Å². The fraction of sp³-hybridized carbons (Fsp3) is 0.333. The van der Waals surface area contributed by atoms with E-state index in [2.05, 4.69) is 10.1 Å². The maximum Gasteiger partial charge on any atom is 0.246 e. The summed E-state index contributed by atoms with van der Waals surface area (Å²) in [4.78, 5) is 5.10. The Morgan fingerprint density at radius 2 is 2.21 bits per heavy atom. The van der Waals surface area contributed by atoms with Gasteiger partial charge in [-0.2, -0.15) is 4.98 Å². The first-order valence-corrected chi connectivity index (χ1v) is 7.07. The Labute approximate surface area is 120 Å². The molecule has 0 aliphatic carbocycles. The maximum absolute atomic E-state index is 9.35. The Balaban J connectivity index is 1.99. The van der Waals surface area contributed by atoms with E-state index >= 15 is 0 Å². The smallest absolute Gasteiger partial charge is 0.246 e. The largest absolute Gasteiger partial charge is 0.391 e. The first kappa shape index (κ1) is 14.3. The SMILES string of the molecule is C[C@@H](O)[C@H](N)c1nc(CSc2ccccc2Cl)no1. The van der Waals surface area contributed by atoms with Crippen molar-refractivity contribution >= 4 is 23.4 Å². The van der Waals surface area contributed by atoms with Crippen LogP contribution in [0.15, 0.2) is 33.7 Å². The Morgan fingerprint density at radius 1 is 1.47 bits per heavy atom. The topological polar surface area (TPSA) is 85.2 Å². The third-order valence-corrected chi connectivity index (χ3v) is 3.99. The van der Waals surface area contributed by atoms with E-state index in [0.717, 1.165) is 4.90 Å². The van der Waals surface area contributed by atoms with Gasteiger partial charge >= 0.3 is 0 Å². The minimum absolute atomic E-state index is 0.241. The molecule has 0 spiro atoms. The summed E-state index contributed by atoms with van der Waals surface area (Å²) in [7, 11) is 0. The number of benzene rings is 1. The number of nitrogens with two attached hydrogens (primary N) is 1. The molecule has 2 atom stereocenters. The molecule has 1 aromatic heterocycles. The summed E-state index contributed by atoms with van der Waals surface area (Å²) >= 11 is 7.56. The van der Waals surface area contributed by atoms with Gasteiger partial charge in [0.25, 0.3) is 0 Å². The average Bonchev–Trinajstić information content (AvgIpc) is 2.85. The standard InChI is InChI=1S/C12H14ClN3O2S/c1-7(17)11(14)12-15-10(16-18-12)6-19-9-5-3-2-4-8(9)13/h2-5,7,11,17H,6,14H2,1H3/t7-,11+/m1/s1. The second-order valence-corrected chi connectivity index (χ2v) is 5.46. The van der Waals surface area contributed by atoms with E-state index in [0.29, 0.717) is 16.6 Å². The highest BCUT2D eigenvalue weighted by atomic mass is 35.5. The zero-order chi connectivity index (χ0) is 13.8. The van der Waals surface area contributed by atoms with Crippen LogP contribution in [0.4, 0.5) is 0 Å². The van der Waals surface area contributed by atoms with Crippen LogP contribution < -0.4 is 5.73 Å². The Bertz CT molecular complexity index is 547. The van der Waals surface area contributed by atoms with Crippen LogP contribution in [0.2, 0.25) is 5.02 Å². The number of nitrogens with zero attached hydrogens (tertiary/aromatic N) is 2. The second kappa shape index (κ2) is 6.38. The molecule has 0 fully saturated rings. The summed E-state index contributed by atoms with van der Waals surface area (Å²) in [5.74, 6) is 1.29. The highest BCUT2D eigenvalue weighted by Crippen LogP contribution is 2.28. The van der Waals surface area contributed by atoms with Crippen molar-refractivity contribution in [2.45, 2.75) is 29.7 Å². The monoisotopic (exact) mass is 299 g/mol. The van der Waals surface area contributed by atoms with Crippen LogP contribution >= 0.6 is 23.4 Å². The molecule has 2 rings (SSSR count). The molecule has 1 heterocycles. The molecule has 0 saturated carbocycles. The number of halogens is 1. The molecule has 1 aromatic carbocycles. The summed E-state index contributed by atoms with van der Waals surface area (Å²) in [5, 5.41) is 13.9. The van der Waals surface area contributed by atoms with E-state index in [9.17, 15) is 5.11 Å². The van der Waals surface area contributed by atoms with Gasteiger partial charge in [-0.05, 0) is 19.1 Å². The first-order chi connectivity index (χ1) is 9.08. The van der Waals surface area contributed by atoms with Crippen LogP contribution in [-0.2, 0) is 5.75 Å². The van der Waals surface area contributed by atoms with Crippen molar-refractivity contribution in [2.75, 3.05) is 0 Å². The van der Waals surface area contributed by atoms with Crippen LogP contribution in [0.25, 0.3) is 0 Å². The molecule has 0 radical (unpaired) electrons. The molecular formula is C12H14ClN3O2S. The van der Waals surface area contributed by atoms with Crippen LogP contribution in [0.5, 0.6) is 0 Å². The highest BCUT2D eigenvalue weighted by molar-refractivity contribution is 7.98. The molecule has 102 valence electrons. The lowest BCUT2D eigenvalue weighted by Crippen LogP contribution is -2.23. The third-order valence-electron chi connectivity index (χ3n) is 2.48. The van der Waals surface area contributed by atoms with Crippen molar-refractivity contribution in [1.82, 2.24) is 10.1 Å². The molecular weight excluding hydrogens is 286 g/mol. The lowest BCUT2D eigenvalue weighted by atomic mass is 10.2. The third kappa shape index (κ3) is 3.70. The summed E-state index contributed by atoms with van der Waals surface area (Å²) < 4.78 is 5.01. The minimum atomic E-state index is -0.732. The predicted molar refractivity (Wildman–Crippen MR) is 73.9 cm³/mol. The molecule has 0 unspecified atom stereocenters. The summed E-state index contributed by atoms with van der Waals surface area (Å²) in [5.41, 5.74) is 5.71. The van der Waals surface area contributed by atoms with Gasteiger partial charge in [0.2, 0.25) is 5.89 Å². The number of aromatic nitrogens is 2. The molecule has 0 aliphatic heterocycles. The van der Waals surface area contributed by atoms with Gasteiger partial charge in [0.05, 0.1) is 16.9 Å². The first-order valence-electron chi connectivity index (χ1n) is 5.71. The molecule has 0 aliphatic rings. The predicted octanol–water partition coefficient (Wildman–Crippen LogP) is 2.40. The minimum Gasteiger partial charge on any atom is -0.391 e. The van der Waals surface area contributed by atoms with Gasteiger partial charge in [0.1, 0.15) is 6.04 Å². The van der Waals surface area contributed by atoms with E-state index < -0.39 is 12.1 Å². The molecule has 0 bridgehead atoms. The number of rotatable bonds is 5. The van der Waals surface area contributed by atoms with Gasteiger partial charge in [-0.15, -0.1) is 11.8 Å². The average molecular weight is 300 g/mol. The van der Waals surface area contributed by atoms with Crippen molar-refractivity contribution in [3.05, 3.63) is 41.0 Å². The fourth-order valence-corrected chi connectivity index (χ4v) is 2.45. The molecule has 5 nitrogen and oxygen atoms in total. The zero-order valence-corrected chi connectivity index (χ0v) is 11.9. The Kier molecular flexibility index (Phi) is 4.81. The molecule has 0 amide bonds. The molecule has 3 N–H and O–H groups in total. The van der Waals surface area contributed by atoms with Crippen molar-refractivity contribution in [1.29, 1.82) is 0 Å². The number of hydrogen-bond acceptors (Lipinski definition) is 6. The van der Waals surface area contributed by atoms with Crippen LogP contribution in [-0.4, -0.2) is 21.4 Å². The normalized spacial score (nSPS) is 14.3. The molecule has 7 heteroatoms. The molecule has 0 saturated heterocycles. The Hall–Kier alpha value is -1.08. The zero-order valence-electron chi connectivity index (χ0n) is 10.3. The van der Waals surface area contributed by atoms with Crippen LogP contribution in [0.3, 0.4) is 0 Å². The van der Waals surface area contributed by atoms with Gasteiger partial charge < -0.3 is 15.4 Å². The van der Waals surface area contributed by atoms with Crippen molar-refractivity contribution in [2.24, 2.45) is 5.73 Å². The maximum atomic E-state index is 9.35. The van der Waals surface area contributed by atoms with Gasteiger partial charge in [0.15, 0.2) is 5.82 Å². The molecule has 19 heavy (non-hydrogen) atoms. The number of thioether (sulfide) groups is 1. The van der Waals surface area contributed by atoms with E-state index in [1.165, 1.54) is 11.8 Å². The van der Waals surface area contributed by atoms with Crippen LogP contribution in [0.1, 0.15) is 24.7 Å². The van der Waals surface area contributed by atoms with Gasteiger partial charge in [-0.3, -0.25) is 0 Å². The van der Waals surface area contributed by atoms with E-state index in [1.54, 1.807) is 6.92 Å². The number of hydrogen-bond donors (Lipinski definition) is 2. The quantitative estimate of drug-likeness (QED) is 0.825. The van der Waals surface area contributed by atoms with Gasteiger partial charge in [0, 0.05) is 4.90 Å².